The van der Waals surface area contributed by atoms with Crippen molar-refractivity contribution in [3.05, 3.63) is 29.1 Å². The van der Waals surface area contributed by atoms with E-state index in [1.807, 2.05) is 26.1 Å². The maximum atomic E-state index is 8.93. The number of hydrogen-bond donors (Lipinski definition) is 1. The van der Waals surface area contributed by atoms with Crippen LogP contribution < -0.4 is 0 Å². The molecule has 0 aliphatic heterocycles. The molecule has 0 atom stereocenters. The molecule has 1 N–H and O–H groups in total. The van der Waals surface area contributed by atoms with Gasteiger partial charge < -0.3 is 5.11 Å². The van der Waals surface area contributed by atoms with E-state index in [0.717, 1.165) is 23.2 Å². The number of aliphatic hydroxyl groups is 1. The highest BCUT2D eigenvalue weighted by Gasteiger charge is 1.99. The molecule has 0 radical (unpaired) electrons. The number of aromatic nitrogens is 1. The van der Waals surface area contributed by atoms with Gasteiger partial charge in [0.2, 0.25) is 0 Å². The third kappa shape index (κ3) is 1.77. The Morgan fingerprint density at radius 3 is 2.82 bits per heavy atom. The van der Waals surface area contributed by atoms with Crippen LogP contribution in [0.3, 0.4) is 0 Å². The Labute approximate surface area is 66.9 Å². The minimum atomic E-state index is 0.0951. The fourth-order valence-electron chi connectivity index (χ4n) is 1.11. The van der Waals surface area contributed by atoms with Gasteiger partial charge in [0.15, 0.2) is 0 Å². The van der Waals surface area contributed by atoms with Crippen molar-refractivity contribution in [1.82, 2.24) is 4.98 Å². The Morgan fingerprint density at radius 2 is 2.27 bits per heavy atom. The van der Waals surface area contributed by atoms with Crippen LogP contribution in [0.2, 0.25) is 0 Å². The van der Waals surface area contributed by atoms with E-state index in [0.29, 0.717) is 0 Å². The molecule has 0 bridgehead atoms. The summed E-state index contributed by atoms with van der Waals surface area (Å²) in [6.07, 6.45) is 2.72. The third-order valence-electron chi connectivity index (χ3n) is 1.70. The van der Waals surface area contributed by atoms with E-state index < -0.39 is 0 Å². The maximum Gasteiger partial charge on any atom is 0.0699 e. The Morgan fingerprint density at radius 1 is 1.55 bits per heavy atom. The summed E-state index contributed by atoms with van der Waals surface area (Å²) in [5, 5.41) is 8.93. The van der Waals surface area contributed by atoms with E-state index in [4.69, 9.17) is 5.11 Å². The first kappa shape index (κ1) is 8.21. The van der Waals surface area contributed by atoms with Crippen LogP contribution in [0.1, 0.15) is 23.7 Å². The summed E-state index contributed by atoms with van der Waals surface area (Å²) in [6, 6.07) is 1.98. The van der Waals surface area contributed by atoms with Gasteiger partial charge in [-0.15, -0.1) is 0 Å². The highest BCUT2D eigenvalue weighted by molar-refractivity contribution is 5.23. The molecule has 11 heavy (non-hydrogen) atoms. The number of pyridine rings is 1. The molecule has 1 aromatic heterocycles. The molecule has 0 spiro atoms. The van der Waals surface area contributed by atoms with Crippen LogP contribution in [0.4, 0.5) is 0 Å². The lowest BCUT2D eigenvalue weighted by molar-refractivity contribution is 0.280. The second-order valence-electron chi connectivity index (χ2n) is 2.63. The van der Waals surface area contributed by atoms with E-state index in [1.54, 1.807) is 0 Å². The van der Waals surface area contributed by atoms with Gasteiger partial charge in [0.05, 0.1) is 6.61 Å². The van der Waals surface area contributed by atoms with Gasteiger partial charge in [-0.25, -0.2) is 0 Å². The van der Waals surface area contributed by atoms with Gasteiger partial charge in [-0.05, 0) is 24.5 Å². The van der Waals surface area contributed by atoms with Crippen LogP contribution in [-0.2, 0) is 13.0 Å². The molecule has 0 saturated heterocycles. The summed E-state index contributed by atoms with van der Waals surface area (Å²) < 4.78 is 0. The Hall–Kier alpha value is -0.890. The second-order valence-corrected chi connectivity index (χ2v) is 2.63. The monoisotopic (exact) mass is 151 g/mol. The van der Waals surface area contributed by atoms with Crippen LogP contribution in [-0.4, -0.2) is 10.1 Å². The molecule has 1 heterocycles. The third-order valence-corrected chi connectivity index (χ3v) is 1.70. The average molecular weight is 151 g/mol. The molecule has 1 rings (SSSR count). The lowest BCUT2D eigenvalue weighted by Gasteiger charge is -2.03. The molecule has 0 aliphatic rings. The molecule has 0 aromatic carbocycles. The van der Waals surface area contributed by atoms with Crippen molar-refractivity contribution in [2.45, 2.75) is 26.9 Å². The lowest BCUT2D eigenvalue weighted by atomic mass is 10.1. The van der Waals surface area contributed by atoms with Crippen LogP contribution in [0.25, 0.3) is 0 Å². The first-order chi connectivity index (χ1) is 5.27. The number of hydrogen-bond acceptors (Lipinski definition) is 2. The predicted octanol–water partition coefficient (Wildman–Crippen LogP) is 1.44. The number of aryl methyl sites for hydroxylation is 2. The predicted molar refractivity (Wildman–Crippen MR) is 44.3 cm³/mol. The van der Waals surface area contributed by atoms with Gasteiger partial charge in [-0.1, -0.05) is 13.0 Å². The number of nitrogens with zero attached hydrogens (tertiary/aromatic N) is 1. The summed E-state index contributed by atoms with van der Waals surface area (Å²) in [6.45, 7) is 4.11. The zero-order valence-electron chi connectivity index (χ0n) is 6.96. The summed E-state index contributed by atoms with van der Waals surface area (Å²) in [7, 11) is 0. The van der Waals surface area contributed by atoms with Crippen LogP contribution >= 0.6 is 0 Å². The molecule has 0 unspecified atom stereocenters. The Kier molecular flexibility index (Phi) is 2.60. The van der Waals surface area contributed by atoms with Crippen molar-refractivity contribution in [3.63, 3.8) is 0 Å². The zero-order valence-corrected chi connectivity index (χ0v) is 6.96. The minimum Gasteiger partial charge on any atom is -0.392 e. The van der Waals surface area contributed by atoms with Crippen molar-refractivity contribution < 1.29 is 5.11 Å². The van der Waals surface area contributed by atoms with Gasteiger partial charge >= 0.3 is 0 Å². The molecule has 0 amide bonds. The Balaban J connectivity index is 3.06. The van der Waals surface area contributed by atoms with Crippen LogP contribution in [0.5, 0.6) is 0 Å². The molecule has 0 saturated carbocycles. The van der Waals surface area contributed by atoms with Gasteiger partial charge in [0, 0.05) is 11.9 Å². The fraction of sp³-hybridized carbons (Fsp3) is 0.444. The van der Waals surface area contributed by atoms with Crippen LogP contribution in [0, 0.1) is 6.92 Å². The summed E-state index contributed by atoms with van der Waals surface area (Å²) in [4.78, 5) is 4.21. The Bertz CT molecular complexity index is 245. The molecule has 60 valence electrons. The summed E-state index contributed by atoms with van der Waals surface area (Å²) >= 11 is 0. The van der Waals surface area contributed by atoms with Crippen molar-refractivity contribution >= 4 is 0 Å². The zero-order chi connectivity index (χ0) is 8.27. The molecule has 1 aromatic rings. The second kappa shape index (κ2) is 3.49. The quantitative estimate of drug-likeness (QED) is 0.693. The number of aliphatic hydroxyl groups excluding tert-OH is 1. The maximum absolute atomic E-state index is 8.93. The lowest BCUT2D eigenvalue weighted by Crippen LogP contribution is -1.96. The molecule has 2 heteroatoms. The topological polar surface area (TPSA) is 33.1 Å². The molecule has 0 aliphatic carbocycles. The van der Waals surface area contributed by atoms with Crippen molar-refractivity contribution in [1.29, 1.82) is 0 Å². The van der Waals surface area contributed by atoms with E-state index in [1.165, 1.54) is 0 Å². The van der Waals surface area contributed by atoms with Crippen molar-refractivity contribution in [3.8, 4) is 0 Å². The molecular weight excluding hydrogens is 138 g/mol. The fourth-order valence-corrected chi connectivity index (χ4v) is 1.11. The highest BCUT2D eigenvalue weighted by Crippen LogP contribution is 2.08. The van der Waals surface area contributed by atoms with Gasteiger partial charge in [-0.3, -0.25) is 4.98 Å². The largest absolute Gasteiger partial charge is 0.392 e. The van der Waals surface area contributed by atoms with Gasteiger partial charge in [0.25, 0.3) is 0 Å². The van der Waals surface area contributed by atoms with Crippen molar-refractivity contribution in [2.75, 3.05) is 0 Å². The normalized spacial score (nSPS) is 10.1. The van der Waals surface area contributed by atoms with Crippen molar-refractivity contribution in [2.24, 2.45) is 0 Å². The highest BCUT2D eigenvalue weighted by atomic mass is 16.3. The summed E-state index contributed by atoms with van der Waals surface area (Å²) in [5.41, 5.74) is 3.05. The van der Waals surface area contributed by atoms with E-state index in [-0.39, 0.29) is 6.61 Å². The SMILES string of the molecule is CCc1ncc(C)cc1CO. The standard InChI is InChI=1S/C9H13NO/c1-3-9-8(6-11)4-7(2)5-10-9/h4-5,11H,3,6H2,1-2H3. The smallest absolute Gasteiger partial charge is 0.0699 e. The number of rotatable bonds is 2. The van der Waals surface area contributed by atoms with E-state index in [2.05, 4.69) is 4.98 Å². The molecular formula is C9H13NO. The first-order valence-electron chi connectivity index (χ1n) is 3.83. The summed E-state index contributed by atoms with van der Waals surface area (Å²) in [5.74, 6) is 0. The average Bonchev–Trinajstić information content (AvgIpc) is 2.04. The molecule has 2 nitrogen and oxygen atoms in total. The van der Waals surface area contributed by atoms with Crippen LogP contribution in [0.15, 0.2) is 12.3 Å². The minimum absolute atomic E-state index is 0.0951. The van der Waals surface area contributed by atoms with E-state index in [9.17, 15) is 0 Å². The molecule has 0 fully saturated rings. The van der Waals surface area contributed by atoms with E-state index >= 15 is 0 Å². The van der Waals surface area contributed by atoms with Gasteiger partial charge in [0.1, 0.15) is 0 Å². The van der Waals surface area contributed by atoms with Gasteiger partial charge in [-0.2, -0.15) is 0 Å². The first-order valence-corrected chi connectivity index (χ1v) is 3.83.